The van der Waals surface area contributed by atoms with Gasteiger partial charge in [-0.3, -0.25) is 14.7 Å². The Kier molecular flexibility index (Phi) is 39.6. The lowest BCUT2D eigenvalue weighted by atomic mass is 10.0. The molecule has 1 amide bonds. The normalized spacial score (nSPS) is 15.3. The Morgan fingerprint density at radius 3 is 1.38 bits per heavy atom. The van der Waals surface area contributed by atoms with E-state index in [1.54, 1.807) is 29.4 Å². The third-order valence-electron chi connectivity index (χ3n) is 10.7. The van der Waals surface area contributed by atoms with Crippen LogP contribution in [0.25, 0.3) is 0 Å². The molecule has 17 heteroatoms. The third kappa shape index (κ3) is 34.4. The van der Waals surface area contributed by atoms with Gasteiger partial charge in [0.2, 0.25) is 0 Å². The standard InChI is InChI=1S/C51H87N3O14/c1-2-3-4-5-6-7-8-10-48-12-14-50(15-13-48)68-46-45-67-44-43-66-42-41-65-40-39-64-38-37-63-36-35-62-34-33-61-32-31-58-24-19-53-17-22-56-27-29-59-25-20-54(21-26-60-30-28-57-23-18-53)51(55)49-11-9-16-52-47-49/h9,11-16,47H,2-8,10,17-46H2,1H3. The molecule has 2 aromatic rings. The largest absolute Gasteiger partial charge is 0.491 e. The zero-order chi connectivity index (χ0) is 47.9. The van der Waals surface area contributed by atoms with Crippen molar-refractivity contribution in [3.05, 3.63) is 59.9 Å². The van der Waals surface area contributed by atoms with Crippen molar-refractivity contribution in [2.45, 2.75) is 58.3 Å². The fraction of sp³-hybridized carbons (Fsp3) is 0.765. The highest BCUT2D eigenvalue weighted by Gasteiger charge is 2.16. The molecule has 1 aromatic carbocycles. The van der Waals surface area contributed by atoms with E-state index < -0.39 is 0 Å². The van der Waals surface area contributed by atoms with E-state index in [0.29, 0.717) is 184 Å². The second-order valence-electron chi connectivity index (χ2n) is 16.1. The maximum atomic E-state index is 13.0. The minimum absolute atomic E-state index is 0.0933. The Morgan fingerprint density at radius 1 is 0.500 bits per heavy atom. The molecule has 0 aliphatic carbocycles. The molecule has 0 bridgehead atoms. The summed E-state index contributed by atoms with van der Waals surface area (Å²) >= 11 is 0. The predicted octanol–water partition coefficient (Wildman–Crippen LogP) is 5.41. The third-order valence-corrected chi connectivity index (χ3v) is 10.7. The number of rotatable bonds is 37. The van der Waals surface area contributed by atoms with E-state index in [1.807, 2.05) is 0 Å². The van der Waals surface area contributed by atoms with Gasteiger partial charge >= 0.3 is 0 Å². The van der Waals surface area contributed by atoms with Crippen LogP contribution in [0, 0.1) is 0 Å². The summed E-state index contributed by atoms with van der Waals surface area (Å²) in [4.78, 5) is 21.0. The van der Waals surface area contributed by atoms with Crippen molar-refractivity contribution in [2.75, 3.05) is 198 Å². The summed E-state index contributed by atoms with van der Waals surface area (Å²) in [5.74, 6) is 0.789. The Labute approximate surface area is 407 Å². The van der Waals surface area contributed by atoms with Gasteiger partial charge in [-0.15, -0.1) is 0 Å². The molecule has 1 aliphatic heterocycles. The van der Waals surface area contributed by atoms with Crippen LogP contribution in [0.3, 0.4) is 0 Å². The molecule has 0 unspecified atom stereocenters. The average molecular weight is 966 g/mol. The Bertz CT molecular complexity index is 1370. The number of unbranched alkanes of at least 4 members (excludes halogenated alkanes) is 6. The lowest BCUT2D eigenvalue weighted by Crippen LogP contribution is -2.37. The molecule has 1 fully saturated rings. The summed E-state index contributed by atoms with van der Waals surface area (Å²) in [6, 6.07) is 12.0. The van der Waals surface area contributed by atoms with Gasteiger partial charge in [-0.2, -0.15) is 0 Å². The highest BCUT2D eigenvalue weighted by molar-refractivity contribution is 5.93. The number of hydrogen-bond donors (Lipinski definition) is 0. The highest BCUT2D eigenvalue weighted by Crippen LogP contribution is 2.15. The molecule has 0 radical (unpaired) electrons. The van der Waals surface area contributed by atoms with Gasteiger partial charge < -0.3 is 66.5 Å². The number of aryl methyl sites for hydroxylation is 1. The number of amides is 1. The van der Waals surface area contributed by atoms with Crippen molar-refractivity contribution >= 4 is 5.91 Å². The number of benzene rings is 1. The van der Waals surface area contributed by atoms with Crippen LogP contribution in [0.5, 0.6) is 5.75 Å². The fourth-order valence-corrected chi connectivity index (χ4v) is 6.80. The Hall–Kier alpha value is -2.88. The molecule has 1 aliphatic rings. The summed E-state index contributed by atoms with van der Waals surface area (Å²) in [6.45, 7) is 17.9. The number of carbonyl (C=O) groups is 1. The molecule has 1 aromatic heterocycles. The molecule has 68 heavy (non-hydrogen) atoms. The number of aromatic nitrogens is 1. The zero-order valence-electron chi connectivity index (χ0n) is 41.5. The maximum absolute atomic E-state index is 13.0. The van der Waals surface area contributed by atoms with E-state index in [-0.39, 0.29) is 5.91 Å². The fourth-order valence-electron chi connectivity index (χ4n) is 6.80. The van der Waals surface area contributed by atoms with E-state index in [0.717, 1.165) is 31.8 Å². The smallest absolute Gasteiger partial charge is 0.255 e. The molecule has 2 heterocycles. The van der Waals surface area contributed by atoms with E-state index >= 15 is 0 Å². The Morgan fingerprint density at radius 2 is 0.926 bits per heavy atom. The maximum Gasteiger partial charge on any atom is 0.255 e. The van der Waals surface area contributed by atoms with Crippen molar-refractivity contribution in [1.29, 1.82) is 0 Å². The number of ether oxygens (including phenoxy) is 13. The van der Waals surface area contributed by atoms with Crippen molar-refractivity contribution in [3.63, 3.8) is 0 Å². The predicted molar refractivity (Wildman–Crippen MR) is 260 cm³/mol. The molecule has 17 nitrogen and oxygen atoms in total. The summed E-state index contributed by atoms with van der Waals surface area (Å²) in [7, 11) is 0. The van der Waals surface area contributed by atoms with E-state index in [2.05, 4.69) is 41.1 Å². The Balaban J connectivity index is 1.01. The quantitative estimate of drug-likeness (QED) is 0.0792. The van der Waals surface area contributed by atoms with Gasteiger partial charge in [0.15, 0.2) is 0 Å². The van der Waals surface area contributed by atoms with Gasteiger partial charge in [-0.25, -0.2) is 0 Å². The van der Waals surface area contributed by atoms with Crippen molar-refractivity contribution in [2.24, 2.45) is 0 Å². The molecule has 3 rings (SSSR count). The number of pyridine rings is 1. The monoisotopic (exact) mass is 966 g/mol. The molecular weight excluding hydrogens is 879 g/mol. The topological polar surface area (TPSA) is 156 Å². The average Bonchev–Trinajstić information content (AvgIpc) is 3.36. The summed E-state index contributed by atoms with van der Waals surface area (Å²) in [5.41, 5.74) is 1.92. The van der Waals surface area contributed by atoms with Crippen molar-refractivity contribution < 1.29 is 66.4 Å². The van der Waals surface area contributed by atoms with E-state index in [9.17, 15) is 4.79 Å². The van der Waals surface area contributed by atoms with Crippen molar-refractivity contribution in [3.8, 4) is 5.75 Å². The van der Waals surface area contributed by atoms with Crippen LogP contribution < -0.4 is 4.74 Å². The molecule has 0 N–H and O–H groups in total. The van der Waals surface area contributed by atoms with Gasteiger partial charge in [0.1, 0.15) is 12.4 Å². The van der Waals surface area contributed by atoms with Crippen LogP contribution in [0.4, 0.5) is 0 Å². The summed E-state index contributed by atoms with van der Waals surface area (Å²) < 4.78 is 73.9. The number of hydrogen-bond acceptors (Lipinski definition) is 16. The lowest BCUT2D eigenvalue weighted by molar-refractivity contribution is -0.0244. The van der Waals surface area contributed by atoms with E-state index in [1.165, 1.54) is 50.5 Å². The summed E-state index contributed by atoms with van der Waals surface area (Å²) in [5, 5.41) is 0. The zero-order valence-corrected chi connectivity index (χ0v) is 41.5. The number of nitrogens with zero attached hydrogens (tertiary/aromatic N) is 3. The molecule has 0 atom stereocenters. The van der Waals surface area contributed by atoms with Crippen LogP contribution in [0.2, 0.25) is 0 Å². The SMILES string of the molecule is CCCCCCCCCc1ccc(OCCOCCOCCOCCOCCOCCOCCOCCOCCN2CCOCCOCCN(C(=O)c3cccnc3)CCOCCOCC2)cc1. The van der Waals surface area contributed by atoms with Crippen LogP contribution in [0.15, 0.2) is 48.8 Å². The van der Waals surface area contributed by atoms with Crippen LogP contribution >= 0.6 is 0 Å². The lowest BCUT2D eigenvalue weighted by Gasteiger charge is -2.24. The van der Waals surface area contributed by atoms with Gasteiger partial charge in [0.05, 0.1) is 164 Å². The second kappa shape index (κ2) is 45.3. The number of carbonyl (C=O) groups excluding carboxylic acids is 1. The van der Waals surface area contributed by atoms with Crippen LogP contribution in [-0.4, -0.2) is 219 Å². The highest BCUT2D eigenvalue weighted by atomic mass is 16.6. The first-order valence-electron chi connectivity index (χ1n) is 25.3. The molecule has 0 saturated carbocycles. The minimum Gasteiger partial charge on any atom is -0.491 e. The van der Waals surface area contributed by atoms with Gasteiger partial charge in [0.25, 0.3) is 5.91 Å². The summed E-state index contributed by atoms with van der Waals surface area (Å²) in [6.07, 6.45) is 13.7. The van der Waals surface area contributed by atoms with E-state index in [4.69, 9.17) is 61.6 Å². The minimum atomic E-state index is -0.0933. The first-order chi connectivity index (χ1) is 33.8. The van der Waals surface area contributed by atoms with Gasteiger partial charge in [-0.05, 0) is 42.7 Å². The first-order valence-corrected chi connectivity index (χ1v) is 25.3. The van der Waals surface area contributed by atoms with Crippen LogP contribution in [-0.2, 0) is 63.3 Å². The van der Waals surface area contributed by atoms with Crippen molar-refractivity contribution in [1.82, 2.24) is 14.8 Å². The molecule has 0 spiro atoms. The van der Waals surface area contributed by atoms with Gasteiger partial charge in [0, 0.05) is 45.1 Å². The first kappa shape index (κ1) is 59.4. The van der Waals surface area contributed by atoms with Crippen LogP contribution in [0.1, 0.15) is 67.8 Å². The second-order valence-corrected chi connectivity index (χ2v) is 16.1. The van der Waals surface area contributed by atoms with Gasteiger partial charge in [-0.1, -0.05) is 57.6 Å². The molecule has 1 saturated heterocycles. The molecular formula is C51H87N3O14. The molecule has 390 valence electrons.